The van der Waals surface area contributed by atoms with Crippen molar-refractivity contribution in [1.29, 1.82) is 0 Å². The highest BCUT2D eigenvalue weighted by Crippen LogP contribution is 2.23. The zero-order valence-electron chi connectivity index (χ0n) is 15.7. The predicted octanol–water partition coefficient (Wildman–Crippen LogP) is 4.31. The van der Waals surface area contributed by atoms with E-state index in [4.69, 9.17) is 11.6 Å². The minimum absolute atomic E-state index is 0.107. The zero-order valence-corrected chi connectivity index (χ0v) is 17.2. The van der Waals surface area contributed by atoms with Crippen molar-refractivity contribution in [2.45, 2.75) is 25.5 Å². The van der Waals surface area contributed by atoms with Gasteiger partial charge in [-0.15, -0.1) is 0 Å². The third-order valence-corrected chi connectivity index (χ3v) is 6.09. The van der Waals surface area contributed by atoms with Crippen LogP contribution in [0.5, 0.6) is 0 Å². The number of piperidine rings is 1. The number of thioether (sulfide) groups is 1. The molecular weight excluding hydrogens is 378 g/mol. The Bertz CT molecular complexity index is 728. The summed E-state index contributed by atoms with van der Waals surface area (Å²) in [7, 11) is 0. The van der Waals surface area contributed by atoms with Gasteiger partial charge in [-0.05, 0) is 37.5 Å². The highest BCUT2D eigenvalue weighted by Gasteiger charge is 2.25. The van der Waals surface area contributed by atoms with Crippen LogP contribution in [0.15, 0.2) is 42.6 Å². The second-order valence-corrected chi connectivity index (χ2v) is 8.47. The number of pyridine rings is 1. The maximum Gasteiger partial charge on any atom is 0.223 e. The smallest absolute Gasteiger partial charge is 0.223 e. The number of nitrogens with zero attached hydrogens (tertiary/aromatic N) is 2. The number of carbonyl (C=O) groups excluding carboxylic acids is 1. The quantitative estimate of drug-likeness (QED) is 0.699. The van der Waals surface area contributed by atoms with E-state index in [2.05, 4.69) is 46.4 Å². The summed E-state index contributed by atoms with van der Waals surface area (Å²) >= 11 is 7.75. The lowest BCUT2D eigenvalue weighted by molar-refractivity contribution is -0.125. The van der Waals surface area contributed by atoms with E-state index in [1.165, 1.54) is 11.1 Å². The van der Waals surface area contributed by atoms with E-state index >= 15 is 0 Å². The highest BCUT2D eigenvalue weighted by atomic mass is 35.5. The van der Waals surface area contributed by atoms with Gasteiger partial charge in [0.05, 0.1) is 5.02 Å². The number of hydrogen-bond donors (Lipinski definition) is 1. The molecule has 1 amide bonds. The van der Waals surface area contributed by atoms with E-state index in [1.54, 1.807) is 6.20 Å². The fraction of sp³-hybridized carbons (Fsp3) is 0.429. The molecule has 0 unspecified atom stereocenters. The molecule has 1 saturated heterocycles. The van der Waals surface area contributed by atoms with Gasteiger partial charge in [-0.25, -0.2) is 4.98 Å². The number of aromatic nitrogens is 1. The van der Waals surface area contributed by atoms with Gasteiger partial charge in [-0.3, -0.25) is 4.79 Å². The molecule has 1 aliphatic rings. The molecule has 1 fully saturated rings. The number of rotatable bonds is 7. The molecule has 0 bridgehead atoms. The van der Waals surface area contributed by atoms with Gasteiger partial charge in [-0.1, -0.05) is 41.4 Å². The van der Waals surface area contributed by atoms with Crippen LogP contribution in [0.3, 0.4) is 0 Å². The molecule has 27 heavy (non-hydrogen) atoms. The van der Waals surface area contributed by atoms with Crippen LogP contribution in [0.2, 0.25) is 5.02 Å². The minimum Gasteiger partial charge on any atom is -0.357 e. The zero-order chi connectivity index (χ0) is 19.1. The van der Waals surface area contributed by atoms with Gasteiger partial charge in [0.25, 0.3) is 0 Å². The first-order chi connectivity index (χ1) is 13.1. The number of nitrogens with one attached hydrogen (secondary N) is 1. The standard InChI is InChI=1S/C21H26ClN3OS/c1-16-2-4-17(5-3-16)15-27-13-10-23-21(26)18-8-11-25(12-9-18)20-7-6-19(22)14-24-20/h2-7,14,18H,8-13,15H2,1H3,(H,23,26). The summed E-state index contributed by atoms with van der Waals surface area (Å²) in [5.74, 6) is 3.16. The Morgan fingerprint density at radius 1 is 1.22 bits per heavy atom. The SMILES string of the molecule is Cc1ccc(CSCCNC(=O)C2CCN(c3ccc(Cl)cn3)CC2)cc1. The van der Waals surface area contributed by atoms with Crippen LogP contribution >= 0.6 is 23.4 Å². The van der Waals surface area contributed by atoms with E-state index < -0.39 is 0 Å². The van der Waals surface area contributed by atoms with Crippen molar-refractivity contribution in [3.05, 3.63) is 58.7 Å². The van der Waals surface area contributed by atoms with Crippen LogP contribution in [0.25, 0.3) is 0 Å². The van der Waals surface area contributed by atoms with E-state index in [9.17, 15) is 4.79 Å². The number of halogens is 1. The van der Waals surface area contributed by atoms with Crippen molar-refractivity contribution >= 4 is 35.1 Å². The second-order valence-electron chi connectivity index (χ2n) is 6.93. The fourth-order valence-corrected chi connectivity index (χ4v) is 4.12. The Morgan fingerprint density at radius 2 is 1.96 bits per heavy atom. The fourth-order valence-electron chi connectivity index (χ4n) is 3.19. The van der Waals surface area contributed by atoms with Crippen molar-refractivity contribution in [1.82, 2.24) is 10.3 Å². The average molecular weight is 404 g/mol. The third kappa shape index (κ3) is 6.15. The van der Waals surface area contributed by atoms with Crippen LogP contribution < -0.4 is 10.2 Å². The van der Waals surface area contributed by atoms with E-state index in [0.29, 0.717) is 5.02 Å². The first kappa shape index (κ1) is 20.0. The lowest BCUT2D eigenvalue weighted by atomic mass is 9.96. The molecule has 1 aromatic heterocycles. The van der Waals surface area contributed by atoms with Gasteiger partial charge in [0, 0.05) is 43.3 Å². The molecule has 1 aromatic carbocycles. The highest BCUT2D eigenvalue weighted by molar-refractivity contribution is 7.98. The number of amides is 1. The van der Waals surface area contributed by atoms with Crippen LogP contribution in [0, 0.1) is 12.8 Å². The van der Waals surface area contributed by atoms with Gasteiger partial charge < -0.3 is 10.2 Å². The van der Waals surface area contributed by atoms with Crippen LogP contribution in [0.1, 0.15) is 24.0 Å². The Labute approximate surface area is 170 Å². The normalized spacial score (nSPS) is 15.0. The maximum absolute atomic E-state index is 12.4. The maximum atomic E-state index is 12.4. The lowest BCUT2D eigenvalue weighted by Crippen LogP contribution is -2.41. The monoisotopic (exact) mass is 403 g/mol. The Hall–Kier alpha value is -1.72. The summed E-state index contributed by atoms with van der Waals surface area (Å²) < 4.78 is 0. The van der Waals surface area contributed by atoms with Gasteiger partial charge >= 0.3 is 0 Å². The lowest BCUT2D eigenvalue weighted by Gasteiger charge is -2.32. The largest absolute Gasteiger partial charge is 0.357 e. The molecule has 144 valence electrons. The van der Waals surface area contributed by atoms with E-state index in [0.717, 1.165) is 49.8 Å². The van der Waals surface area contributed by atoms with Crippen LogP contribution in [0.4, 0.5) is 5.82 Å². The molecule has 0 saturated carbocycles. The number of aryl methyl sites for hydroxylation is 1. The Kier molecular flexibility index (Phi) is 7.41. The molecule has 0 atom stereocenters. The molecular formula is C21H26ClN3OS. The van der Waals surface area contributed by atoms with Crippen molar-refractivity contribution < 1.29 is 4.79 Å². The average Bonchev–Trinajstić information content (AvgIpc) is 2.70. The minimum atomic E-state index is 0.107. The number of anilines is 1. The third-order valence-electron chi connectivity index (χ3n) is 4.84. The molecule has 1 N–H and O–H groups in total. The van der Waals surface area contributed by atoms with Crippen molar-refractivity contribution in [3.63, 3.8) is 0 Å². The molecule has 0 spiro atoms. The first-order valence-electron chi connectivity index (χ1n) is 9.39. The second kappa shape index (κ2) is 10.00. The van der Waals surface area contributed by atoms with Crippen molar-refractivity contribution in [2.75, 3.05) is 30.3 Å². The topological polar surface area (TPSA) is 45.2 Å². The first-order valence-corrected chi connectivity index (χ1v) is 10.9. The Morgan fingerprint density at radius 3 is 2.63 bits per heavy atom. The number of benzene rings is 1. The van der Waals surface area contributed by atoms with Crippen molar-refractivity contribution in [2.24, 2.45) is 5.92 Å². The molecule has 0 radical (unpaired) electrons. The summed E-state index contributed by atoms with van der Waals surface area (Å²) in [6, 6.07) is 12.4. The van der Waals surface area contributed by atoms with Gasteiger partial charge in [0.2, 0.25) is 5.91 Å². The van der Waals surface area contributed by atoms with E-state index in [1.807, 2.05) is 23.9 Å². The summed E-state index contributed by atoms with van der Waals surface area (Å²) in [6.45, 7) is 4.54. The Balaban J connectivity index is 1.32. The molecule has 6 heteroatoms. The van der Waals surface area contributed by atoms with Crippen LogP contribution in [-0.2, 0) is 10.5 Å². The molecule has 2 heterocycles. The molecule has 2 aromatic rings. The van der Waals surface area contributed by atoms with E-state index in [-0.39, 0.29) is 11.8 Å². The number of hydrogen-bond acceptors (Lipinski definition) is 4. The van der Waals surface area contributed by atoms with Gasteiger partial charge in [-0.2, -0.15) is 11.8 Å². The van der Waals surface area contributed by atoms with Crippen LogP contribution in [-0.4, -0.2) is 36.3 Å². The van der Waals surface area contributed by atoms with Gasteiger partial charge in [0.1, 0.15) is 5.82 Å². The molecule has 3 rings (SSSR count). The molecule has 0 aliphatic carbocycles. The molecule has 1 aliphatic heterocycles. The summed E-state index contributed by atoms with van der Waals surface area (Å²) in [4.78, 5) is 19.0. The summed E-state index contributed by atoms with van der Waals surface area (Å²) in [5, 5.41) is 3.75. The predicted molar refractivity (Wildman–Crippen MR) is 115 cm³/mol. The summed E-state index contributed by atoms with van der Waals surface area (Å²) in [5.41, 5.74) is 2.62. The molecule has 4 nitrogen and oxygen atoms in total. The van der Waals surface area contributed by atoms with Gasteiger partial charge in [0.15, 0.2) is 0 Å². The number of carbonyl (C=O) groups is 1. The van der Waals surface area contributed by atoms with Crippen molar-refractivity contribution in [3.8, 4) is 0 Å². The summed E-state index contributed by atoms with van der Waals surface area (Å²) in [6.07, 6.45) is 3.41.